The number of nitrogens with zero attached hydrogens (tertiary/aromatic N) is 5. The van der Waals surface area contributed by atoms with Gasteiger partial charge in [0.05, 0.1) is 41.6 Å². The smallest absolute Gasteiger partial charge is 0.332 e. The SMILES string of the molecule is COc1cc(C2=CC3C(S2)C(=O)N(c2cncc4cccnc24)C(=O)N3CC#N)c(Cl)cc1F. The van der Waals surface area contributed by atoms with E-state index in [4.69, 9.17) is 16.3 Å². The molecule has 170 valence electrons. The van der Waals surface area contributed by atoms with Gasteiger partial charge in [0, 0.05) is 28.2 Å². The number of imide groups is 1. The van der Waals surface area contributed by atoms with Crippen LogP contribution in [0.15, 0.2) is 48.9 Å². The molecule has 34 heavy (non-hydrogen) atoms. The molecule has 2 aromatic heterocycles. The molecular weight excluding hydrogens is 481 g/mol. The van der Waals surface area contributed by atoms with Crippen LogP contribution in [0.1, 0.15) is 5.56 Å². The van der Waals surface area contributed by atoms with E-state index in [0.717, 1.165) is 11.0 Å². The fraction of sp³-hybridized carbons (Fsp3) is 0.174. The van der Waals surface area contributed by atoms with E-state index < -0.39 is 29.0 Å². The molecule has 2 atom stereocenters. The minimum atomic E-state index is -0.743. The number of ether oxygens (including phenoxy) is 1. The number of amides is 3. The summed E-state index contributed by atoms with van der Waals surface area (Å²) in [5.41, 5.74) is 1.15. The van der Waals surface area contributed by atoms with Crippen molar-refractivity contribution in [2.24, 2.45) is 0 Å². The number of nitriles is 1. The van der Waals surface area contributed by atoms with Crippen molar-refractivity contribution in [3.8, 4) is 11.8 Å². The lowest BCUT2D eigenvalue weighted by Gasteiger charge is -2.39. The standard InChI is InChI=1S/C23H15ClFN5O3S/c1-33-18-7-13(14(24)8-15(18)25)19-9-16-21(34-19)22(31)30(23(32)29(16)6-4-26)17-11-27-10-12-3-2-5-28-20(12)17/h2-3,5,7-11,16,21H,6H2,1H3. The first-order valence-electron chi connectivity index (χ1n) is 10.1. The van der Waals surface area contributed by atoms with Crippen molar-refractivity contribution in [1.82, 2.24) is 14.9 Å². The third kappa shape index (κ3) is 3.45. The first kappa shape index (κ1) is 22.1. The van der Waals surface area contributed by atoms with Gasteiger partial charge in [0.2, 0.25) is 0 Å². The first-order chi connectivity index (χ1) is 16.4. The molecule has 2 aliphatic rings. The third-order valence-corrected chi connectivity index (χ3v) is 7.28. The zero-order valence-corrected chi connectivity index (χ0v) is 19.2. The molecule has 3 amide bonds. The summed E-state index contributed by atoms with van der Waals surface area (Å²) < 4.78 is 19.1. The predicted molar refractivity (Wildman–Crippen MR) is 126 cm³/mol. The molecule has 0 N–H and O–H groups in total. The molecule has 4 heterocycles. The first-order valence-corrected chi connectivity index (χ1v) is 11.3. The minimum absolute atomic E-state index is 0.00147. The van der Waals surface area contributed by atoms with Crippen LogP contribution in [0.4, 0.5) is 14.9 Å². The van der Waals surface area contributed by atoms with E-state index in [-0.39, 0.29) is 23.0 Å². The van der Waals surface area contributed by atoms with E-state index in [2.05, 4.69) is 9.97 Å². The number of thioether (sulfide) groups is 1. The van der Waals surface area contributed by atoms with Gasteiger partial charge in [-0.2, -0.15) is 5.26 Å². The number of rotatable bonds is 4. The Morgan fingerprint density at radius 1 is 1.32 bits per heavy atom. The molecule has 0 aliphatic carbocycles. The summed E-state index contributed by atoms with van der Waals surface area (Å²) in [5, 5.41) is 9.46. The Morgan fingerprint density at radius 2 is 2.15 bits per heavy atom. The van der Waals surface area contributed by atoms with Gasteiger partial charge in [0.25, 0.3) is 5.91 Å². The summed E-state index contributed by atoms with van der Waals surface area (Å²) in [4.78, 5) is 38.5. The zero-order chi connectivity index (χ0) is 24.0. The van der Waals surface area contributed by atoms with E-state index in [1.54, 1.807) is 30.6 Å². The minimum Gasteiger partial charge on any atom is -0.494 e. The lowest BCUT2D eigenvalue weighted by atomic mass is 10.0. The number of benzene rings is 1. The number of carbonyl (C=O) groups is 2. The second-order valence-corrected chi connectivity index (χ2v) is 9.09. The summed E-state index contributed by atoms with van der Waals surface area (Å²) in [5.74, 6) is -1.08. The van der Waals surface area contributed by atoms with Gasteiger partial charge in [0.1, 0.15) is 11.8 Å². The largest absolute Gasteiger partial charge is 0.494 e. The van der Waals surface area contributed by atoms with Crippen LogP contribution in [-0.2, 0) is 4.79 Å². The van der Waals surface area contributed by atoms with Gasteiger partial charge in [-0.05, 0) is 30.3 Å². The van der Waals surface area contributed by atoms with Crippen molar-refractivity contribution >= 4 is 56.8 Å². The van der Waals surface area contributed by atoms with Crippen LogP contribution in [0.3, 0.4) is 0 Å². The number of pyridine rings is 2. The average Bonchev–Trinajstić information content (AvgIpc) is 3.27. The molecule has 1 saturated heterocycles. The highest BCUT2D eigenvalue weighted by molar-refractivity contribution is 8.09. The summed E-state index contributed by atoms with van der Waals surface area (Å²) in [7, 11) is 1.34. The molecule has 0 bridgehead atoms. The number of methoxy groups -OCH3 is 1. The van der Waals surface area contributed by atoms with E-state index in [1.807, 2.05) is 6.07 Å². The molecule has 11 heteroatoms. The van der Waals surface area contributed by atoms with Gasteiger partial charge in [-0.1, -0.05) is 11.6 Å². The maximum absolute atomic E-state index is 14.1. The lowest BCUT2D eigenvalue weighted by Crippen LogP contribution is -2.62. The van der Waals surface area contributed by atoms with Crippen molar-refractivity contribution < 1.29 is 18.7 Å². The average molecular weight is 496 g/mol. The van der Waals surface area contributed by atoms with Crippen molar-refractivity contribution in [3.05, 3.63) is 65.3 Å². The van der Waals surface area contributed by atoms with Crippen LogP contribution in [0.5, 0.6) is 5.75 Å². The van der Waals surface area contributed by atoms with Crippen LogP contribution < -0.4 is 9.64 Å². The highest BCUT2D eigenvalue weighted by Gasteiger charge is 2.50. The summed E-state index contributed by atoms with van der Waals surface area (Å²) in [6.45, 7) is -0.236. The number of fused-ring (bicyclic) bond motifs is 2. The molecular formula is C23H15ClFN5O3S. The van der Waals surface area contributed by atoms with Gasteiger partial charge >= 0.3 is 6.03 Å². The van der Waals surface area contributed by atoms with Crippen molar-refractivity contribution in [2.45, 2.75) is 11.3 Å². The fourth-order valence-electron chi connectivity index (χ4n) is 4.06. The van der Waals surface area contributed by atoms with E-state index in [1.165, 1.54) is 36.0 Å². The Labute approximate surface area is 202 Å². The highest BCUT2D eigenvalue weighted by atomic mass is 35.5. The predicted octanol–water partition coefficient (Wildman–Crippen LogP) is 4.25. The van der Waals surface area contributed by atoms with E-state index >= 15 is 0 Å². The number of halogens is 2. The monoisotopic (exact) mass is 495 g/mol. The normalized spacial score (nSPS) is 19.8. The van der Waals surface area contributed by atoms with Crippen LogP contribution in [0.25, 0.3) is 15.8 Å². The molecule has 0 saturated carbocycles. The second kappa shape index (κ2) is 8.59. The van der Waals surface area contributed by atoms with Crippen LogP contribution in [0, 0.1) is 17.1 Å². The number of urea groups is 1. The third-order valence-electron chi connectivity index (χ3n) is 5.63. The molecule has 1 aromatic carbocycles. The van der Waals surface area contributed by atoms with Gasteiger partial charge in [-0.3, -0.25) is 14.8 Å². The Hall–Kier alpha value is -3.68. The van der Waals surface area contributed by atoms with Crippen LogP contribution in [-0.4, -0.2) is 51.8 Å². The molecule has 0 radical (unpaired) electrons. The molecule has 2 aliphatic heterocycles. The Balaban J connectivity index is 1.59. The van der Waals surface area contributed by atoms with Crippen LogP contribution in [0.2, 0.25) is 5.02 Å². The van der Waals surface area contributed by atoms with Gasteiger partial charge in [-0.15, -0.1) is 11.8 Å². The lowest BCUT2D eigenvalue weighted by molar-refractivity contribution is -0.119. The van der Waals surface area contributed by atoms with Gasteiger partial charge in [-0.25, -0.2) is 14.1 Å². The Morgan fingerprint density at radius 3 is 2.91 bits per heavy atom. The Kier molecular flexibility index (Phi) is 5.59. The van der Waals surface area contributed by atoms with E-state index in [9.17, 15) is 19.2 Å². The number of hydrogen-bond donors (Lipinski definition) is 0. The van der Waals surface area contributed by atoms with E-state index in [0.29, 0.717) is 21.4 Å². The number of aromatic nitrogens is 2. The number of hydrogen-bond acceptors (Lipinski definition) is 7. The summed E-state index contributed by atoms with van der Waals surface area (Å²) >= 11 is 7.49. The van der Waals surface area contributed by atoms with Crippen molar-refractivity contribution in [1.29, 1.82) is 5.26 Å². The van der Waals surface area contributed by atoms with Gasteiger partial charge in [0.15, 0.2) is 11.6 Å². The fourth-order valence-corrected chi connectivity index (χ4v) is 5.73. The molecule has 1 fully saturated rings. The molecule has 0 spiro atoms. The maximum atomic E-state index is 14.1. The topological polar surface area (TPSA) is 99.4 Å². The molecule has 3 aromatic rings. The Bertz CT molecular complexity index is 1420. The zero-order valence-electron chi connectivity index (χ0n) is 17.6. The molecule has 5 rings (SSSR count). The number of carbonyl (C=O) groups excluding carboxylic acids is 2. The number of anilines is 1. The maximum Gasteiger partial charge on any atom is 0.332 e. The van der Waals surface area contributed by atoms with Crippen molar-refractivity contribution in [2.75, 3.05) is 18.6 Å². The second-order valence-electron chi connectivity index (χ2n) is 7.50. The molecule has 8 nitrogen and oxygen atoms in total. The molecule has 2 unspecified atom stereocenters. The quantitative estimate of drug-likeness (QED) is 0.499. The van der Waals surface area contributed by atoms with Crippen LogP contribution >= 0.6 is 23.4 Å². The van der Waals surface area contributed by atoms with Gasteiger partial charge < -0.3 is 9.64 Å². The summed E-state index contributed by atoms with van der Waals surface area (Å²) in [6, 6.07) is 6.77. The summed E-state index contributed by atoms with van der Waals surface area (Å²) in [6.07, 6.45) is 6.27. The van der Waals surface area contributed by atoms with Crippen molar-refractivity contribution in [3.63, 3.8) is 0 Å². The highest BCUT2D eigenvalue weighted by Crippen LogP contribution is 2.47.